The highest BCUT2D eigenvalue weighted by atomic mass is 16.7. The Labute approximate surface area is 186 Å². The minimum atomic E-state index is -2.98. The van der Waals surface area contributed by atoms with E-state index in [4.69, 9.17) is 24.1 Å². The van der Waals surface area contributed by atoms with Gasteiger partial charge in [-0.3, -0.25) is 4.79 Å². The van der Waals surface area contributed by atoms with Crippen LogP contribution in [0.25, 0.3) is 0 Å². The van der Waals surface area contributed by atoms with E-state index >= 15 is 0 Å². The van der Waals surface area contributed by atoms with Gasteiger partial charge in [-0.25, -0.2) is 4.79 Å². The van der Waals surface area contributed by atoms with Crippen LogP contribution in [0.5, 0.6) is 0 Å². The molecule has 192 valence electrons. The van der Waals surface area contributed by atoms with Crippen LogP contribution in [0.1, 0.15) is 6.42 Å². The molecule has 0 aromatic rings. The third-order valence-electron chi connectivity index (χ3n) is 5.24. The van der Waals surface area contributed by atoms with E-state index in [1.807, 2.05) is 0 Å². The van der Waals surface area contributed by atoms with Crippen molar-refractivity contribution in [1.82, 2.24) is 0 Å². The van der Waals surface area contributed by atoms with Crippen molar-refractivity contribution in [3.8, 4) is 0 Å². The summed E-state index contributed by atoms with van der Waals surface area (Å²) in [6.45, 7) is -1.70. The fourth-order valence-corrected chi connectivity index (χ4v) is 3.34. The lowest BCUT2D eigenvalue weighted by molar-refractivity contribution is -0.357. The van der Waals surface area contributed by atoms with E-state index in [1.165, 1.54) is 0 Å². The number of aliphatic hydroxyl groups is 8. The van der Waals surface area contributed by atoms with E-state index in [0.717, 1.165) is 7.11 Å². The van der Waals surface area contributed by atoms with Gasteiger partial charge in [0, 0.05) is 7.11 Å². The van der Waals surface area contributed by atoms with E-state index in [-0.39, 0.29) is 0 Å². The Morgan fingerprint density at radius 2 is 1.48 bits per heavy atom. The number of carboxylic acid groups (broad SMARTS) is 1. The van der Waals surface area contributed by atoms with Crippen molar-refractivity contribution in [2.45, 2.75) is 73.6 Å². The highest BCUT2D eigenvalue weighted by Crippen LogP contribution is 2.30. The standard InChI is InChI=1S/C17H28O16/c1-29-17(28,2-7(20)21)16(27)33-13-8(22)5(3-18)31-15(11(13)25)32-12-6(4-19)30-14(26)10(24)9(12)23/h5-6,8-15,18-19,22-26,28H,2-4H2,1H3,(H,20,21)/t5-,6-,8-,9-,10-,11-,12-,13+,14-,15-,17?/m1/s1. The lowest BCUT2D eigenvalue weighted by atomic mass is 9.96. The van der Waals surface area contributed by atoms with Crippen LogP contribution in [-0.2, 0) is 33.3 Å². The van der Waals surface area contributed by atoms with Crippen LogP contribution in [0.15, 0.2) is 0 Å². The van der Waals surface area contributed by atoms with Crippen LogP contribution in [0.3, 0.4) is 0 Å². The van der Waals surface area contributed by atoms with Gasteiger partial charge in [0.2, 0.25) is 0 Å². The highest BCUT2D eigenvalue weighted by molar-refractivity contribution is 5.83. The smallest absolute Gasteiger partial charge is 0.367 e. The minimum absolute atomic E-state index is 0.808. The third-order valence-corrected chi connectivity index (χ3v) is 5.24. The van der Waals surface area contributed by atoms with Crippen molar-refractivity contribution >= 4 is 11.9 Å². The summed E-state index contributed by atoms with van der Waals surface area (Å²) in [6.07, 6.45) is -19.2. The number of aliphatic carboxylic acids is 1. The molecule has 2 heterocycles. The van der Waals surface area contributed by atoms with Gasteiger partial charge in [0.15, 0.2) is 18.7 Å². The number of rotatable bonds is 9. The first-order valence-corrected chi connectivity index (χ1v) is 9.69. The van der Waals surface area contributed by atoms with Crippen LogP contribution >= 0.6 is 0 Å². The Balaban J connectivity index is 2.24. The summed E-state index contributed by atoms with van der Waals surface area (Å²) >= 11 is 0. The molecule has 2 fully saturated rings. The van der Waals surface area contributed by atoms with Gasteiger partial charge in [0.25, 0.3) is 5.79 Å². The zero-order chi connectivity index (χ0) is 25.1. The molecule has 33 heavy (non-hydrogen) atoms. The van der Waals surface area contributed by atoms with Gasteiger partial charge in [-0.05, 0) is 0 Å². The first-order valence-electron chi connectivity index (χ1n) is 9.69. The third kappa shape index (κ3) is 5.94. The van der Waals surface area contributed by atoms with Crippen molar-refractivity contribution in [3.05, 3.63) is 0 Å². The second-order valence-corrected chi connectivity index (χ2v) is 7.47. The summed E-state index contributed by atoms with van der Waals surface area (Å²) in [6, 6.07) is 0. The summed E-state index contributed by atoms with van der Waals surface area (Å²) < 4.78 is 24.8. The van der Waals surface area contributed by atoms with Gasteiger partial charge < -0.3 is 69.6 Å². The SMILES string of the molecule is COC(O)(CC(=O)O)C(=O)O[C@@H]1[C@@H](O)[C@@H](O[C@H]2[C@H](O)[C@@H](O)[C@H](O)O[C@@H]2CO)O[C@H](CO)[C@H]1O. The Kier molecular flexibility index (Phi) is 9.45. The van der Waals surface area contributed by atoms with Crippen LogP contribution < -0.4 is 0 Å². The monoisotopic (exact) mass is 488 g/mol. The number of methoxy groups -OCH3 is 1. The summed E-state index contributed by atoms with van der Waals surface area (Å²) in [5.74, 6) is -6.31. The number of hydrogen-bond acceptors (Lipinski definition) is 15. The number of ether oxygens (including phenoxy) is 5. The maximum Gasteiger partial charge on any atom is 0.367 e. The number of carbonyl (C=O) groups is 2. The molecule has 2 rings (SSSR count). The van der Waals surface area contributed by atoms with Crippen molar-refractivity contribution < 1.29 is 79.2 Å². The summed E-state index contributed by atoms with van der Waals surface area (Å²) in [5, 5.41) is 88.3. The lowest BCUT2D eigenvalue weighted by Gasteiger charge is -2.46. The number of esters is 1. The number of carboxylic acids is 1. The summed E-state index contributed by atoms with van der Waals surface area (Å²) in [4.78, 5) is 23.2. The Morgan fingerprint density at radius 3 is 2.00 bits per heavy atom. The van der Waals surface area contributed by atoms with Crippen molar-refractivity contribution in [3.63, 3.8) is 0 Å². The molecule has 2 aliphatic rings. The predicted octanol–water partition coefficient (Wildman–Crippen LogP) is -6.04. The van der Waals surface area contributed by atoms with E-state index in [0.29, 0.717) is 0 Å². The molecular formula is C17H28O16. The molecule has 9 N–H and O–H groups in total. The zero-order valence-corrected chi connectivity index (χ0v) is 17.3. The fraction of sp³-hybridized carbons (Fsp3) is 0.882. The predicted molar refractivity (Wildman–Crippen MR) is 96.7 cm³/mol. The molecule has 0 aromatic heterocycles. The second-order valence-electron chi connectivity index (χ2n) is 7.47. The highest BCUT2D eigenvalue weighted by Gasteiger charge is 2.53. The Hall–Kier alpha value is -1.54. The Morgan fingerprint density at radius 1 is 0.879 bits per heavy atom. The minimum Gasteiger partial charge on any atom is -0.481 e. The maximum atomic E-state index is 12.3. The van der Waals surface area contributed by atoms with E-state index in [9.17, 15) is 50.4 Å². The van der Waals surface area contributed by atoms with Gasteiger partial charge in [-0.1, -0.05) is 0 Å². The zero-order valence-electron chi connectivity index (χ0n) is 17.3. The molecule has 2 aliphatic heterocycles. The second kappa shape index (κ2) is 11.3. The molecule has 0 radical (unpaired) electrons. The summed E-state index contributed by atoms with van der Waals surface area (Å²) in [7, 11) is 0.808. The van der Waals surface area contributed by atoms with Gasteiger partial charge >= 0.3 is 11.9 Å². The largest absolute Gasteiger partial charge is 0.481 e. The van der Waals surface area contributed by atoms with Crippen molar-refractivity contribution in [2.24, 2.45) is 0 Å². The molecule has 16 heteroatoms. The first-order chi connectivity index (χ1) is 15.4. The quantitative estimate of drug-likeness (QED) is 0.108. The molecule has 11 atom stereocenters. The molecular weight excluding hydrogens is 460 g/mol. The molecule has 16 nitrogen and oxygen atoms in total. The molecule has 2 saturated heterocycles. The average molecular weight is 488 g/mol. The molecule has 0 bridgehead atoms. The Bertz CT molecular complexity index is 673. The van der Waals surface area contributed by atoms with Crippen LogP contribution in [0, 0.1) is 0 Å². The van der Waals surface area contributed by atoms with Crippen molar-refractivity contribution in [2.75, 3.05) is 20.3 Å². The number of aliphatic hydroxyl groups excluding tert-OH is 7. The fourth-order valence-electron chi connectivity index (χ4n) is 3.34. The average Bonchev–Trinajstić information content (AvgIpc) is 2.77. The van der Waals surface area contributed by atoms with E-state index < -0.39 is 98.8 Å². The summed E-state index contributed by atoms with van der Waals surface area (Å²) in [5.41, 5.74) is 0. The first kappa shape index (κ1) is 27.7. The molecule has 0 amide bonds. The topological polar surface area (TPSA) is 262 Å². The van der Waals surface area contributed by atoms with Gasteiger partial charge in [0.05, 0.1) is 13.2 Å². The molecule has 1 unspecified atom stereocenters. The molecule has 0 aliphatic carbocycles. The van der Waals surface area contributed by atoms with Crippen molar-refractivity contribution in [1.29, 1.82) is 0 Å². The van der Waals surface area contributed by atoms with Gasteiger partial charge in [-0.2, -0.15) is 0 Å². The number of carbonyl (C=O) groups excluding carboxylic acids is 1. The normalized spacial score (nSPS) is 41.2. The molecule has 0 spiro atoms. The van der Waals surface area contributed by atoms with E-state index in [1.54, 1.807) is 0 Å². The lowest BCUT2D eigenvalue weighted by Crippen LogP contribution is -2.65. The molecule has 0 aromatic carbocycles. The number of hydrogen-bond donors (Lipinski definition) is 9. The van der Waals surface area contributed by atoms with E-state index in [2.05, 4.69) is 4.74 Å². The van der Waals surface area contributed by atoms with Crippen LogP contribution in [-0.4, -0.2) is 145 Å². The maximum absolute atomic E-state index is 12.3. The van der Waals surface area contributed by atoms with Gasteiger partial charge in [0.1, 0.15) is 49.1 Å². The van der Waals surface area contributed by atoms with Crippen LogP contribution in [0.2, 0.25) is 0 Å². The van der Waals surface area contributed by atoms with Crippen LogP contribution in [0.4, 0.5) is 0 Å². The molecule has 0 saturated carbocycles. The van der Waals surface area contributed by atoms with Gasteiger partial charge in [-0.15, -0.1) is 0 Å².